The molecule has 1 atom stereocenters. The lowest BCUT2D eigenvalue weighted by molar-refractivity contribution is 0.101. The Kier molecular flexibility index (Phi) is 5.88. The molecule has 4 heteroatoms. The molecular weight excluding hydrogens is 304 g/mol. The molecule has 0 fully saturated rings. The standard InChI is InChI=1S/C19H22N2OS/c1-4-18(16-7-5-13(2)6-8-16)21-19(23)20-17-11-9-15(10-12-17)14(3)22/h5-12,18H,4H2,1-3H3,(H2,20,21,23). The Labute approximate surface area is 143 Å². The van der Waals surface area contributed by atoms with Gasteiger partial charge in [0.2, 0.25) is 0 Å². The normalized spacial score (nSPS) is 11.6. The van der Waals surface area contributed by atoms with Gasteiger partial charge in [-0.1, -0.05) is 36.8 Å². The lowest BCUT2D eigenvalue weighted by Crippen LogP contribution is -2.32. The average Bonchev–Trinajstić information content (AvgIpc) is 2.54. The van der Waals surface area contributed by atoms with Crippen molar-refractivity contribution < 1.29 is 4.79 Å². The molecule has 0 saturated carbocycles. The van der Waals surface area contributed by atoms with Crippen LogP contribution >= 0.6 is 12.2 Å². The Hall–Kier alpha value is -2.20. The van der Waals surface area contributed by atoms with E-state index < -0.39 is 0 Å². The predicted molar refractivity (Wildman–Crippen MR) is 100 cm³/mol. The molecule has 0 radical (unpaired) electrons. The Morgan fingerprint density at radius 3 is 2.22 bits per heavy atom. The van der Waals surface area contributed by atoms with E-state index in [0.717, 1.165) is 12.1 Å². The topological polar surface area (TPSA) is 41.1 Å². The summed E-state index contributed by atoms with van der Waals surface area (Å²) in [6, 6.07) is 16.0. The van der Waals surface area contributed by atoms with Gasteiger partial charge in [0.25, 0.3) is 0 Å². The van der Waals surface area contributed by atoms with Crippen LogP contribution in [0.2, 0.25) is 0 Å². The maximum absolute atomic E-state index is 11.3. The number of nitrogens with one attached hydrogen (secondary N) is 2. The lowest BCUT2D eigenvalue weighted by Gasteiger charge is -2.20. The van der Waals surface area contributed by atoms with E-state index in [1.165, 1.54) is 11.1 Å². The summed E-state index contributed by atoms with van der Waals surface area (Å²) in [7, 11) is 0. The molecule has 120 valence electrons. The Morgan fingerprint density at radius 2 is 1.70 bits per heavy atom. The summed E-state index contributed by atoms with van der Waals surface area (Å²) in [6.45, 7) is 5.76. The number of hydrogen-bond acceptors (Lipinski definition) is 2. The van der Waals surface area contributed by atoms with Crippen LogP contribution < -0.4 is 10.6 Å². The number of ketones is 1. The molecule has 2 N–H and O–H groups in total. The fourth-order valence-electron chi connectivity index (χ4n) is 2.33. The van der Waals surface area contributed by atoms with Crippen molar-refractivity contribution in [2.75, 3.05) is 5.32 Å². The largest absolute Gasteiger partial charge is 0.356 e. The van der Waals surface area contributed by atoms with Crippen LogP contribution in [0.1, 0.15) is 47.8 Å². The summed E-state index contributed by atoms with van der Waals surface area (Å²) in [5.74, 6) is 0.0580. The molecule has 1 unspecified atom stereocenters. The molecule has 3 nitrogen and oxygen atoms in total. The molecule has 0 saturated heterocycles. The number of hydrogen-bond donors (Lipinski definition) is 2. The smallest absolute Gasteiger partial charge is 0.171 e. The minimum atomic E-state index is 0.0580. The van der Waals surface area contributed by atoms with E-state index in [-0.39, 0.29) is 11.8 Å². The Balaban J connectivity index is 1.99. The van der Waals surface area contributed by atoms with Gasteiger partial charge < -0.3 is 10.6 Å². The van der Waals surface area contributed by atoms with Crippen LogP contribution in [-0.4, -0.2) is 10.9 Å². The Morgan fingerprint density at radius 1 is 1.09 bits per heavy atom. The number of carbonyl (C=O) groups excluding carboxylic acids is 1. The van der Waals surface area contributed by atoms with Crippen LogP contribution in [0.25, 0.3) is 0 Å². The van der Waals surface area contributed by atoms with Crippen LogP contribution in [-0.2, 0) is 0 Å². The Bertz CT molecular complexity index is 678. The summed E-state index contributed by atoms with van der Waals surface area (Å²) in [6.07, 6.45) is 0.939. The van der Waals surface area contributed by atoms with Crippen LogP contribution in [0, 0.1) is 6.92 Å². The van der Waals surface area contributed by atoms with Crippen LogP contribution in [0.5, 0.6) is 0 Å². The van der Waals surface area contributed by atoms with Gasteiger partial charge in [-0.15, -0.1) is 0 Å². The second-order valence-electron chi connectivity index (χ2n) is 5.60. The van der Waals surface area contributed by atoms with E-state index in [2.05, 4.69) is 48.7 Å². The van der Waals surface area contributed by atoms with E-state index in [4.69, 9.17) is 12.2 Å². The summed E-state index contributed by atoms with van der Waals surface area (Å²) >= 11 is 5.40. The molecule has 0 amide bonds. The van der Waals surface area contributed by atoms with Crippen LogP contribution in [0.3, 0.4) is 0 Å². The molecule has 2 rings (SSSR count). The summed E-state index contributed by atoms with van der Waals surface area (Å²) in [4.78, 5) is 11.3. The van der Waals surface area contributed by atoms with Gasteiger partial charge in [-0.05, 0) is 62.3 Å². The van der Waals surface area contributed by atoms with Crippen molar-refractivity contribution in [3.05, 3.63) is 65.2 Å². The second kappa shape index (κ2) is 7.88. The first kappa shape index (κ1) is 17.2. The zero-order chi connectivity index (χ0) is 16.8. The highest BCUT2D eigenvalue weighted by molar-refractivity contribution is 7.80. The van der Waals surface area contributed by atoms with E-state index in [1.54, 1.807) is 19.1 Å². The monoisotopic (exact) mass is 326 g/mol. The number of Topliss-reactive ketones (excluding diaryl/α,β-unsaturated/α-hetero) is 1. The number of anilines is 1. The third-order valence-electron chi connectivity index (χ3n) is 3.74. The van der Waals surface area contributed by atoms with Crippen molar-refractivity contribution in [2.24, 2.45) is 0 Å². The zero-order valence-corrected chi connectivity index (χ0v) is 14.5. The van der Waals surface area contributed by atoms with E-state index in [9.17, 15) is 4.79 Å². The molecule has 23 heavy (non-hydrogen) atoms. The first-order valence-electron chi connectivity index (χ1n) is 7.74. The van der Waals surface area contributed by atoms with E-state index in [0.29, 0.717) is 10.7 Å². The summed E-state index contributed by atoms with van der Waals surface area (Å²) in [5.41, 5.74) is 4.02. The minimum absolute atomic E-state index is 0.0580. The highest BCUT2D eigenvalue weighted by Crippen LogP contribution is 2.18. The van der Waals surface area contributed by atoms with Gasteiger partial charge in [-0.3, -0.25) is 4.79 Å². The molecule has 0 heterocycles. The van der Waals surface area contributed by atoms with Crippen molar-refractivity contribution in [2.45, 2.75) is 33.2 Å². The van der Waals surface area contributed by atoms with Crippen molar-refractivity contribution >= 4 is 28.8 Å². The number of thiocarbonyl (C=S) groups is 1. The SMILES string of the molecule is CCC(NC(=S)Nc1ccc(C(C)=O)cc1)c1ccc(C)cc1. The van der Waals surface area contributed by atoms with Crippen LogP contribution in [0.4, 0.5) is 5.69 Å². The molecular formula is C19H22N2OS. The lowest BCUT2D eigenvalue weighted by atomic mass is 10.0. The highest BCUT2D eigenvalue weighted by Gasteiger charge is 2.10. The molecule has 2 aromatic rings. The van der Waals surface area contributed by atoms with Crippen molar-refractivity contribution in [1.29, 1.82) is 0 Å². The number of aryl methyl sites for hydroxylation is 1. The quantitative estimate of drug-likeness (QED) is 0.620. The molecule has 0 aliphatic carbocycles. The average molecular weight is 326 g/mol. The number of rotatable bonds is 5. The fourth-order valence-corrected chi connectivity index (χ4v) is 2.59. The van der Waals surface area contributed by atoms with Gasteiger partial charge >= 0.3 is 0 Å². The maximum Gasteiger partial charge on any atom is 0.171 e. The predicted octanol–water partition coefficient (Wildman–Crippen LogP) is 4.64. The van der Waals surface area contributed by atoms with E-state index in [1.807, 2.05) is 12.1 Å². The molecule has 0 aromatic heterocycles. The van der Waals surface area contributed by atoms with Crippen molar-refractivity contribution in [1.82, 2.24) is 5.32 Å². The van der Waals surface area contributed by atoms with Crippen molar-refractivity contribution in [3.63, 3.8) is 0 Å². The molecule has 0 bridgehead atoms. The molecule has 0 spiro atoms. The number of carbonyl (C=O) groups is 1. The molecule has 0 aliphatic heterocycles. The van der Waals surface area contributed by atoms with Gasteiger partial charge in [0.15, 0.2) is 10.9 Å². The first-order valence-corrected chi connectivity index (χ1v) is 8.15. The zero-order valence-electron chi connectivity index (χ0n) is 13.7. The molecule has 0 aliphatic rings. The van der Waals surface area contributed by atoms with Gasteiger partial charge in [-0.25, -0.2) is 0 Å². The van der Waals surface area contributed by atoms with Crippen molar-refractivity contribution in [3.8, 4) is 0 Å². The van der Waals surface area contributed by atoms with Gasteiger partial charge in [0.05, 0.1) is 6.04 Å². The van der Waals surface area contributed by atoms with Gasteiger partial charge in [0, 0.05) is 11.3 Å². The molecule has 2 aromatic carbocycles. The first-order chi connectivity index (χ1) is 11.0. The fraction of sp³-hybridized carbons (Fsp3) is 0.263. The van der Waals surface area contributed by atoms with Crippen LogP contribution in [0.15, 0.2) is 48.5 Å². The van der Waals surface area contributed by atoms with Gasteiger partial charge in [0.1, 0.15) is 0 Å². The second-order valence-corrected chi connectivity index (χ2v) is 6.01. The minimum Gasteiger partial charge on any atom is -0.356 e. The third-order valence-corrected chi connectivity index (χ3v) is 3.96. The number of benzene rings is 2. The van der Waals surface area contributed by atoms with E-state index >= 15 is 0 Å². The third kappa shape index (κ3) is 4.89. The van der Waals surface area contributed by atoms with Gasteiger partial charge in [-0.2, -0.15) is 0 Å². The highest BCUT2D eigenvalue weighted by atomic mass is 32.1. The summed E-state index contributed by atoms with van der Waals surface area (Å²) in [5, 5.41) is 7.08. The summed E-state index contributed by atoms with van der Waals surface area (Å²) < 4.78 is 0. The maximum atomic E-state index is 11.3.